The molecule has 120 valence electrons. The smallest absolute Gasteiger partial charge is 0.101 e. The van der Waals surface area contributed by atoms with Crippen molar-refractivity contribution < 1.29 is 5.11 Å². The van der Waals surface area contributed by atoms with Crippen molar-refractivity contribution in [3.8, 4) is 0 Å². The molecule has 0 radical (unpaired) electrons. The first kappa shape index (κ1) is 15.9. The fraction of sp³-hybridized carbons (Fsp3) is 0.278. The molecule has 2 aromatic heterocycles. The van der Waals surface area contributed by atoms with Crippen LogP contribution in [0, 0.1) is 0 Å². The zero-order valence-electron chi connectivity index (χ0n) is 13.0. The second kappa shape index (κ2) is 8.06. The molecule has 0 aliphatic rings. The number of nitrogens with zero attached hydrogens (tertiary/aromatic N) is 3. The summed E-state index contributed by atoms with van der Waals surface area (Å²) in [5.41, 5.74) is 1.26. The minimum absolute atomic E-state index is 0.443. The van der Waals surface area contributed by atoms with Crippen LogP contribution in [0.2, 0.25) is 0 Å². The van der Waals surface area contributed by atoms with Crippen LogP contribution in [0.3, 0.4) is 0 Å². The average molecular weight is 327 g/mol. The summed E-state index contributed by atoms with van der Waals surface area (Å²) in [7, 11) is 0. The quantitative estimate of drug-likeness (QED) is 0.691. The predicted octanol–water partition coefficient (Wildman–Crippen LogP) is 3.18. The molecule has 1 aromatic carbocycles. The van der Waals surface area contributed by atoms with Gasteiger partial charge in [0.05, 0.1) is 6.33 Å². The molecule has 0 spiro atoms. The maximum atomic E-state index is 10.5. The van der Waals surface area contributed by atoms with E-state index in [2.05, 4.69) is 38.7 Å². The predicted molar refractivity (Wildman–Crippen MR) is 93.2 cm³/mol. The Morgan fingerprint density at radius 1 is 1.17 bits per heavy atom. The first-order chi connectivity index (χ1) is 11.3. The Hall–Kier alpha value is -1.95. The first-order valence-electron chi connectivity index (χ1n) is 7.75. The van der Waals surface area contributed by atoms with Gasteiger partial charge in [-0.3, -0.25) is 4.90 Å². The van der Waals surface area contributed by atoms with Crippen molar-refractivity contribution in [3.05, 3.63) is 77.0 Å². The number of aromatic nitrogens is 2. The van der Waals surface area contributed by atoms with Crippen LogP contribution in [0.1, 0.15) is 16.5 Å². The Balaban J connectivity index is 1.64. The molecule has 5 heteroatoms. The van der Waals surface area contributed by atoms with E-state index in [1.165, 1.54) is 5.56 Å². The topological polar surface area (TPSA) is 41.3 Å². The summed E-state index contributed by atoms with van der Waals surface area (Å²) in [5.74, 6) is 0. The lowest BCUT2D eigenvalue weighted by Gasteiger charge is -2.25. The summed E-state index contributed by atoms with van der Waals surface area (Å²) < 4.78 is 2.06. The molecule has 0 bridgehead atoms. The van der Waals surface area contributed by atoms with E-state index in [-0.39, 0.29) is 0 Å². The maximum absolute atomic E-state index is 10.5. The van der Waals surface area contributed by atoms with Crippen molar-refractivity contribution >= 4 is 11.3 Å². The van der Waals surface area contributed by atoms with Gasteiger partial charge in [-0.25, -0.2) is 4.98 Å². The minimum Gasteiger partial charge on any atom is -0.386 e. The molecule has 1 unspecified atom stereocenters. The highest BCUT2D eigenvalue weighted by Crippen LogP contribution is 2.20. The number of benzene rings is 1. The average Bonchev–Trinajstić information content (AvgIpc) is 3.27. The summed E-state index contributed by atoms with van der Waals surface area (Å²) in [6, 6.07) is 14.4. The van der Waals surface area contributed by atoms with Gasteiger partial charge >= 0.3 is 0 Å². The zero-order chi connectivity index (χ0) is 15.9. The SMILES string of the molecule is OC(CN(CCn1ccnc1)Cc1ccccc1)c1cccs1. The van der Waals surface area contributed by atoms with Crippen LogP contribution in [0.15, 0.2) is 66.6 Å². The Morgan fingerprint density at radius 2 is 2.04 bits per heavy atom. The van der Waals surface area contributed by atoms with E-state index in [1.54, 1.807) is 17.5 Å². The molecule has 0 fully saturated rings. The molecule has 0 saturated carbocycles. The number of hydrogen-bond acceptors (Lipinski definition) is 4. The molecule has 4 nitrogen and oxygen atoms in total. The van der Waals surface area contributed by atoms with Gasteiger partial charge in [0.25, 0.3) is 0 Å². The summed E-state index contributed by atoms with van der Waals surface area (Å²) in [6.07, 6.45) is 5.15. The van der Waals surface area contributed by atoms with Crippen LogP contribution in [-0.4, -0.2) is 32.6 Å². The van der Waals surface area contributed by atoms with E-state index in [0.717, 1.165) is 24.5 Å². The van der Waals surface area contributed by atoms with Crippen molar-refractivity contribution in [3.63, 3.8) is 0 Å². The van der Waals surface area contributed by atoms with Gasteiger partial charge in [0.2, 0.25) is 0 Å². The maximum Gasteiger partial charge on any atom is 0.101 e. The molecule has 3 aromatic rings. The molecular weight excluding hydrogens is 306 g/mol. The lowest BCUT2D eigenvalue weighted by molar-refractivity contribution is 0.109. The molecule has 2 heterocycles. The lowest BCUT2D eigenvalue weighted by atomic mass is 10.2. The second-order valence-corrected chi connectivity index (χ2v) is 6.53. The Kier molecular flexibility index (Phi) is 5.58. The van der Waals surface area contributed by atoms with Gasteiger partial charge in [-0.15, -0.1) is 11.3 Å². The van der Waals surface area contributed by atoms with Crippen molar-refractivity contribution in [2.75, 3.05) is 13.1 Å². The number of rotatable bonds is 8. The highest BCUT2D eigenvalue weighted by molar-refractivity contribution is 7.10. The third-order valence-corrected chi connectivity index (χ3v) is 4.76. The highest BCUT2D eigenvalue weighted by Gasteiger charge is 2.15. The van der Waals surface area contributed by atoms with Crippen LogP contribution in [-0.2, 0) is 13.1 Å². The van der Waals surface area contributed by atoms with Crippen LogP contribution in [0.25, 0.3) is 0 Å². The van der Waals surface area contributed by atoms with Crippen molar-refractivity contribution in [1.29, 1.82) is 0 Å². The largest absolute Gasteiger partial charge is 0.386 e. The summed E-state index contributed by atoms with van der Waals surface area (Å²) in [6.45, 7) is 3.19. The molecule has 1 N–H and O–H groups in total. The summed E-state index contributed by atoms with van der Waals surface area (Å²) >= 11 is 1.60. The van der Waals surface area contributed by atoms with Crippen LogP contribution in [0.4, 0.5) is 0 Å². The van der Waals surface area contributed by atoms with E-state index in [4.69, 9.17) is 0 Å². The van der Waals surface area contributed by atoms with E-state index >= 15 is 0 Å². The molecule has 23 heavy (non-hydrogen) atoms. The van der Waals surface area contributed by atoms with Crippen molar-refractivity contribution in [2.24, 2.45) is 0 Å². The normalized spacial score (nSPS) is 12.6. The number of aliphatic hydroxyl groups excluding tert-OH is 1. The number of imidazole rings is 1. The standard InChI is InChI=1S/C18H21N3OS/c22-17(18-7-4-12-23-18)14-21(11-10-20-9-8-19-15-20)13-16-5-2-1-3-6-16/h1-9,12,15,17,22H,10-11,13-14H2. The van der Waals surface area contributed by atoms with Crippen LogP contribution < -0.4 is 0 Å². The summed E-state index contributed by atoms with van der Waals surface area (Å²) in [5, 5.41) is 12.5. The van der Waals surface area contributed by atoms with E-state index in [1.807, 2.05) is 36.1 Å². The Morgan fingerprint density at radius 3 is 2.74 bits per heavy atom. The van der Waals surface area contributed by atoms with Crippen molar-refractivity contribution in [1.82, 2.24) is 14.5 Å². The minimum atomic E-state index is -0.443. The third kappa shape index (κ3) is 4.76. The Labute approximate surface area is 140 Å². The molecule has 0 amide bonds. The Bertz CT molecular complexity index is 668. The van der Waals surface area contributed by atoms with Crippen LogP contribution >= 0.6 is 11.3 Å². The highest BCUT2D eigenvalue weighted by atomic mass is 32.1. The van der Waals surface area contributed by atoms with Crippen molar-refractivity contribution in [2.45, 2.75) is 19.2 Å². The lowest BCUT2D eigenvalue weighted by Crippen LogP contribution is -2.31. The first-order valence-corrected chi connectivity index (χ1v) is 8.63. The molecule has 1 atom stereocenters. The molecular formula is C18H21N3OS. The molecule has 0 saturated heterocycles. The van der Waals surface area contributed by atoms with Gasteiger partial charge in [0, 0.05) is 43.4 Å². The monoisotopic (exact) mass is 327 g/mol. The fourth-order valence-electron chi connectivity index (χ4n) is 2.57. The summed E-state index contributed by atoms with van der Waals surface area (Å²) in [4.78, 5) is 7.39. The zero-order valence-corrected chi connectivity index (χ0v) is 13.8. The number of thiophene rings is 1. The molecule has 0 aliphatic heterocycles. The van der Waals surface area contributed by atoms with Gasteiger partial charge in [-0.1, -0.05) is 36.4 Å². The third-order valence-electron chi connectivity index (χ3n) is 3.79. The van der Waals surface area contributed by atoms with E-state index in [9.17, 15) is 5.11 Å². The van der Waals surface area contributed by atoms with Gasteiger partial charge in [0.15, 0.2) is 0 Å². The number of aliphatic hydroxyl groups is 1. The van der Waals surface area contributed by atoms with Gasteiger partial charge in [0.1, 0.15) is 6.10 Å². The molecule has 0 aliphatic carbocycles. The number of hydrogen-bond donors (Lipinski definition) is 1. The van der Waals surface area contributed by atoms with Gasteiger partial charge < -0.3 is 9.67 Å². The van der Waals surface area contributed by atoms with Gasteiger partial charge in [-0.2, -0.15) is 0 Å². The second-order valence-electron chi connectivity index (χ2n) is 5.55. The molecule has 3 rings (SSSR count). The fourth-order valence-corrected chi connectivity index (χ4v) is 3.27. The van der Waals surface area contributed by atoms with Gasteiger partial charge in [-0.05, 0) is 17.0 Å². The van der Waals surface area contributed by atoms with E-state index in [0.29, 0.717) is 6.54 Å². The van der Waals surface area contributed by atoms with Crippen LogP contribution in [0.5, 0.6) is 0 Å². The van der Waals surface area contributed by atoms with E-state index < -0.39 is 6.10 Å².